The summed E-state index contributed by atoms with van der Waals surface area (Å²) in [6.45, 7) is 3.79. The molecule has 0 aliphatic carbocycles. The van der Waals surface area contributed by atoms with Crippen molar-refractivity contribution in [2.45, 2.75) is 13.8 Å². The fourth-order valence-electron chi connectivity index (χ4n) is 1.51. The average Bonchev–Trinajstić information content (AvgIpc) is 2.42. The van der Waals surface area contributed by atoms with Gasteiger partial charge in [-0.15, -0.1) is 0 Å². The fraction of sp³-hybridized carbons (Fsp3) is 0.400. The van der Waals surface area contributed by atoms with E-state index in [-0.39, 0.29) is 0 Å². The zero-order chi connectivity index (χ0) is 16.5. The van der Waals surface area contributed by atoms with Crippen molar-refractivity contribution in [3.05, 3.63) is 29.8 Å². The zero-order valence-corrected chi connectivity index (χ0v) is 12.6. The van der Waals surface area contributed by atoms with Crippen LogP contribution in [0.15, 0.2) is 29.4 Å². The lowest BCUT2D eigenvalue weighted by Crippen LogP contribution is -2.30. The summed E-state index contributed by atoms with van der Waals surface area (Å²) in [5.41, 5.74) is 0.720. The molecule has 1 aromatic carbocycles. The lowest BCUT2D eigenvalue weighted by molar-refractivity contribution is -0.141. The number of aliphatic carboxylic acids is 2. The third-order valence-electron chi connectivity index (χ3n) is 2.47. The van der Waals surface area contributed by atoms with Crippen LogP contribution in [0.1, 0.15) is 19.4 Å². The van der Waals surface area contributed by atoms with E-state index in [1.165, 1.54) is 6.21 Å². The highest BCUT2D eigenvalue weighted by molar-refractivity contribution is 5.80. The van der Waals surface area contributed by atoms with Crippen LogP contribution in [0, 0.1) is 5.92 Å². The summed E-state index contributed by atoms with van der Waals surface area (Å²) in [6, 6.07) is 7.09. The highest BCUT2D eigenvalue weighted by Gasteiger charge is 2.10. The summed E-state index contributed by atoms with van der Waals surface area (Å²) in [6.07, 6.45) is 1.41. The van der Waals surface area contributed by atoms with Gasteiger partial charge in [0.05, 0.1) is 12.8 Å². The first kappa shape index (κ1) is 17.5. The van der Waals surface area contributed by atoms with Crippen molar-refractivity contribution in [1.82, 2.24) is 5.01 Å². The summed E-state index contributed by atoms with van der Waals surface area (Å²) in [4.78, 5) is 21.3. The van der Waals surface area contributed by atoms with Crippen LogP contribution >= 0.6 is 0 Å². The van der Waals surface area contributed by atoms with E-state index < -0.39 is 25.0 Å². The van der Waals surface area contributed by atoms with Crippen LogP contribution in [0.25, 0.3) is 0 Å². The molecule has 0 atom stereocenters. The number of hydrogen-bond acceptors (Lipinski definition) is 5. The molecule has 2 N–H and O–H groups in total. The number of nitrogens with zero attached hydrogens (tertiary/aromatic N) is 2. The van der Waals surface area contributed by atoms with Crippen molar-refractivity contribution in [1.29, 1.82) is 0 Å². The minimum absolute atomic E-state index is 0.432. The van der Waals surface area contributed by atoms with Gasteiger partial charge in [-0.05, 0) is 35.7 Å². The van der Waals surface area contributed by atoms with Gasteiger partial charge in [0.1, 0.15) is 18.8 Å². The Morgan fingerprint density at radius 1 is 1.18 bits per heavy atom. The first-order chi connectivity index (χ1) is 10.4. The Bertz CT molecular complexity index is 509. The number of carbonyl (C=O) groups is 2. The summed E-state index contributed by atoms with van der Waals surface area (Å²) >= 11 is 0. The summed E-state index contributed by atoms with van der Waals surface area (Å²) in [5.74, 6) is -1.12. The van der Waals surface area contributed by atoms with E-state index in [9.17, 15) is 9.59 Å². The van der Waals surface area contributed by atoms with Gasteiger partial charge in [0.15, 0.2) is 0 Å². The Morgan fingerprint density at radius 2 is 1.73 bits per heavy atom. The van der Waals surface area contributed by atoms with Gasteiger partial charge < -0.3 is 14.9 Å². The Labute approximate surface area is 128 Å². The fourth-order valence-corrected chi connectivity index (χ4v) is 1.51. The molecule has 0 saturated heterocycles. The highest BCUT2D eigenvalue weighted by Crippen LogP contribution is 2.12. The van der Waals surface area contributed by atoms with Gasteiger partial charge in [-0.25, -0.2) is 0 Å². The SMILES string of the molecule is CC(C)COc1ccc(/C=N\N(CC(=O)O)CC(=O)O)cc1. The molecule has 1 rings (SSSR count). The van der Waals surface area contributed by atoms with Crippen LogP contribution in [-0.4, -0.2) is 53.1 Å². The van der Waals surface area contributed by atoms with Crippen molar-refractivity contribution in [2.24, 2.45) is 11.0 Å². The van der Waals surface area contributed by atoms with E-state index in [0.717, 1.165) is 16.3 Å². The number of carboxylic acids is 2. The summed E-state index contributed by atoms with van der Waals surface area (Å²) in [7, 11) is 0. The van der Waals surface area contributed by atoms with Gasteiger partial charge in [0.25, 0.3) is 0 Å². The molecular weight excluding hydrogens is 288 g/mol. The van der Waals surface area contributed by atoms with E-state index in [2.05, 4.69) is 18.9 Å². The maximum atomic E-state index is 10.6. The molecule has 7 heteroatoms. The molecule has 0 unspecified atom stereocenters. The average molecular weight is 308 g/mol. The summed E-state index contributed by atoms with van der Waals surface area (Å²) in [5, 5.41) is 22.3. The van der Waals surface area contributed by atoms with E-state index in [0.29, 0.717) is 12.5 Å². The molecular formula is C15H20N2O5. The molecule has 0 bridgehead atoms. The molecule has 1 aromatic rings. The van der Waals surface area contributed by atoms with Crippen LogP contribution in [0.5, 0.6) is 5.75 Å². The van der Waals surface area contributed by atoms with Crippen molar-refractivity contribution < 1.29 is 24.5 Å². The minimum Gasteiger partial charge on any atom is -0.493 e. The number of rotatable bonds is 9. The van der Waals surface area contributed by atoms with Gasteiger partial charge in [-0.2, -0.15) is 5.10 Å². The highest BCUT2D eigenvalue weighted by atomic mass is 16.5. The smallest absolute Gasteiger partial charge is 0.324 e. The van der Waals surface area contributed by atoms with Crippen molar-refractivity contribution in [3.63, 3.8) is 0 Å². The van der Waals surface area contributed by atoms with Crippen LogP contribution in [0.2, 0.25) is 0 Å². The van der Waals surface area contributed by atoms with Crippen LogP contribution in [0.4, 0.5) is 0 Å². The first-order valence-corrected chi connectivity index (χ1v) is 6.82. The Hall–Kier alpha value is -2.57. The van der Waals surface area contributed by atoms with Crippen molar-refractivity contribution >= 4 is 18.2 Å². The maximum Gasteiger partial charge on any atom is 0.324 e. The number of hydrazone groups is 1. The second kappa shape index (κ2) is 8.66. The quantitative estimate of drug-likeness (QED) is 0.530. The molecule has 0 aliphatic rings. The van der Waals surface area contributed by atoms with E-state index in [1.54, 1.807) is 24.3 Å². The number of carboxylic acid groups (broad SMARTS) is 2. The number of hydrogen-bond donors (Lipinski definition) is 2. The predicted molar refractivity (Wildman–Crippen MR) is 81.2 cm³/mol. The molecule has 120 valence electrons. The van der Waals surface area contributed by atoms with Crippen LogP contribution in [0.3, 0.4) is 0 Å². The maximum absolute atomic E-state index is 10.6. The molecule has 0 saturated carbocycles. The van der Waals surface area contributed by atoms with Gasteiger partial charge >= 0.3 is 11.9 Å². The summed E-state index contributed by atoms with van der Waals surface area (Å²) < 4.78 is 5.54. The first-order valence-electron chi connectivity index (χ1n) is 6.82. The van der Waals surface area contributed by atoms with E-state index in [4.69, 9.17) is 14.9 Å². The third kappa shape index (κ3) is 7.28. The molecule has 0 radical (unpaired) electrons. The largest absolute Gasteiger partial charge is 0.493 e. The normalized spacial score (nSPS) is 10.9. The second-order valence-corrected chi connectivity index (χ2v) is 5.13. The number of ether oxygens (including phenoxy) is 1. The Balaban J connectivity index is 2.66. The monoisotopic (exact) mass is 308 g/mol. The van der Waals surface area contributed by atoms with E-state index >= 15 is 0 Å². The molecule has 0 aromatic heterocycles. The Morgan fingerprint density at radius 3 is 2.18 bits per heavy atom. The van der Waals surface area contributed by atoms with Gasteiger partial charge in [-0.3, -0.25) is 14.6 Å². The number of benzene rings is 1. The molecule has 0 aliphatic heterocycles. The standard InChI is InChI=1S/C15H20N2O5/c1-11(2)10-22-13-5-3-12(4-6-13)7-16-17(8-14(18)19)9-15(20)21/h3-7,11H,8-10H2,1-2H3,(H,18,19)(H,20,21)/b16-7-. The van der Waals surface area contributed by atoms with Gasteiger partial charge in [-0.1, -0.05) is 13.8 Å². The van der Waals surface area contributed by atoms with Gasteiger partial charge in [0, 0.05) is 0 Å². The third-order valence-corrected chi connectivity index (χ3v) is 2.47. The minimum atomic E-state index is -1.14. The van der Waals surface area contributed by atoms with Gasteiger partial charge in [0.2, 0.25) is 0 Å². The molecule has 0 amide bonds. The molecule has 22 heavy (non-hydrogen) atoms. The lowest BCUT2D eigenvalue weighted by Gasteiger charge is -2.13. The second-order valence-electron chi connectivity index (χ2n) is 5.13. The van der Waals surface area contributed by atoms with E-state index in [1.807, 2.05) is 0 Å². The zero-order valence-electron chi connectivity index (χ0n) is 12.6. The molecule has 0 spiro atoms. The molecule has 7 nitrogen and oxygen atoms in total. The van der Waals surface area contributed by atoms with Crippen molar-refractivity contribution in [2.75, 3.05) is 19.7 Å². The van der Waals surface area contributed by atoms with Crippen LogP contribution < -0.4 is 4.74 Å². The predicted octanol–water partition coefficient (Wildman–Crippen LogP) is 1.53. The van der Waals surface area contributed by atoms with Crippen LogP contribution in [-0.2, 0) is 9.59 Å². The topological polar surface area (TPSA) is 99.4 Å². The van der Waals surface area contributed by atoms with Crippen molar-refractivity contribution in [3.8, 4) is 5.75 Å². The molecule has 0 heterocycles. The molecule has 0 fully saturated rings. The lowest BCUT2D eigenvalue weighted by atomic mass is 10.2. The Kier molecular flexibility index (Phi) is 6.88.